The zero-order valence-electron chi connectivity index (χ0n) is 24.2. The molecule has 10 nitrogen and oxygen atoms in total. The average Bonchev–Trinajstić information content (AvgIpc) is 3.45. The molecule has 0 bridgehead atoms. The van der Waals surface area contributed by atoms with Crippen LogP contribution in [0.15, 0.2) is 66.9 Å². The SMILES string of the molecule is CCOC(=O)c1[nH]ccc1N(Cc1ccccc1[C@@H]1COCCN1C(=O)OC(C)(C)C)C(=S)NC(=O)c1ccccc1. The Morgan fingerprint density at radius 1 is 1.10 bits per heavy atom. The molecule has 3 aromatic rings. The van der Waals surface area contributed by atoms with Crippen LogP contribution in [0.2, 0.25) is 0 Å². The van der Waals surface area contributed by atoms with Gasteiger partial charge in [-0.05, 0) is 69.2 Å². The molecule has 2 amide bonds. The number of aromatic nitrogens is 1. The van der Waals surface area contributed by atoms with Crippen LogP contribution in [-0.2, 0) is 20.8 Å². The Morgan fingerprint density at radius 3 is 2.52 bits per heavy atom. The van der Waals surface area contributed by atoms with Gasteiger partial charge in [0.15, 0.2) is 5.11 Å². The maximum atomic E-state index is 13.2. The number of thiocarbonyl (C=S) groups is 1. The van der Waals surface area contributed by atoms with Gasteiger partial charge in [0.05, 0.1) is 38.1 Å². The lowest BCUT2D eigenvalue weighted by Gasteiger charge is -2.38. The summed E-state index contributed by atoms with van der Waals surface area (Å²) in [5, 5.41) is 2.89. The maximum absolute atomic E-state index is 13.2. The van der Waals surface area contributed by atoms with Gasteiger partial charge in [0, 0.05) is 18.3 Å². The van der Waals surface area contributed by atoms with E-state index in [1.807, 2.05) is 51.1 Å². The number of anilines is 1. The topological polar surface area (TPSA) is 113 Å². The van der Waals surface area contributed by atoms with Gasteiger partial charge in [-0.2, -0.15) is 0 Å². The molecule has 0 radical (unpaired) electrons. The van der Waals surface area contributed by atoms with Gasteiger partial charge in [0.25, 0.3) is 5.91 Å². The number of aromatic amines is 1. The number of hydrogen-bond donors (Lipinski definition) is 2. The summed E-state index contributed by atoms with van der Waals surface area (Å²) in [6.45, 7) is 8.62. The monoisotopic (exact) mass is 592 g/mol. The summed E-state index contributed by atoms with van der Waals surface area (Å²) in [5.41, 5.74) is 2.06. The van der Waals surface area contributed by atoms with Crippen molar-refractivity contribution in [2.24, 2.45) is 0 Å². The predicted molar refractivity (Wildman–Crippen MR) is 162 cm³/mol. The lowest BCUT2D eigenvalue weighted by Crippen LogP contribution is -2.46. The summed E-state index contributed by atoms with van der Waals surface area (Å²) in [6, 6.07) is 17.6. The average molecular weight is 593 g/mol. The predicted octanol–water partition coefficient (Wildman–Crippen LogP) is 5.22. The van der Waals surface area contributed by atoms with Gasteiger partial charge in [-0.25, -0.2) is 9.59 Å². The molecule has 1 aliphatic rings. The van der Waals surface area contributed by atoms with Gasteiger partial charge in [-0.15, -0.1) is 0 Å². The van der Waals surface area contributed by atoms with E-state index >= 15 is 0 Å². The Kier molecular flexibility index (Phi) is 9.97. The number of nitrogens with one attached hydrogen (secondary N) is 2. The number of carbonyl (C=O) groups is 3. The number of H-pyrrole nitrogens is 1. The number of morpholine rings is 1. The van der Waals surface area contributed by atoms with E-state index in [1.165, 1.54) is 0 Å². The molecule has 1 fully saturated rings. The second-order valence-electron chi connectivity index (χ2n) is 10.6. The van der Waals surface area contributed by atoms with Crippen LogP contribution in [0.4, 0.5) is 10.5 Å². The number of rotatable bonds is 7. The van der Waals surface area contributed by atoms with Crippen molar-refractivity contribution < 1.29 is 28.6 Å². The number of esters is 1. The molecule has 4 rings (SSSR count). The van der Waals surface area contributed by atoms with Crippen LogP contribution in [0, 0.1) is 0 Å². The molecule has 0 saturated carbocycles. The summed E-state index contributed by atoms with van der Waals surface area (Å²) in [6.07, 6.45) is 1.18. The Labute approximate surface area is 250 Å². The molecule has 2 aromatic carbocycles. The second kappa shape index (κ2) is 13.6. The highest BCUT2D eigenvalue weighted by molar-refractivity contribution is 7.80. The maximum Gasteiger partial charge on any atom is 0.410 e. The molecule has 1 aromatic heterocycles. The van der Waals surface area contributed by atoms with E-state index in [1.54, 1.807) is 53.3 Å². The van der Waals surface area contributed by atoms with E-state index in [9.17, 15) is 14.4 Å². The van der Waals surface area contributed by atoms with Crippen LogP contribution in [0.3, 0.4) is 0 Å². The number of hydrogen-bond acceptors (Lipinski definition) is 7. The third-order valence-electron chi connectivity index (χ3n) is 6.50. The number of amides is 2. The lowest BCUT2D eigenvalue weighted by molar-refractivity contribution is -0.0332. The van der Waals surface area contributed by atoms with E-state index < -0.39 is 23.7 Å². The second-order valence-corrected chi connectivity index (χ2v) is 11.0. The van der Waals surface area contributed by atoms with E-state index in [2.05, 4.69) is 10.3 Å². The molecule has 0 spiro atoms. The van der Waals surface area contributed by atoms with Gasteiger partial charge in [-0.3, -0.25) is 15.0 Å². The van der Waals surface area contributed by atoms with Crippen LogP contribution < -0.4 is 10.2 Å². The van der Waals surface area contributed by atoms with Gasteiger partial charge < -0.3 is 24.1 Å². The number of ether oxygens (including phenoxy) is 3. The minimum absolute atomic E-state index is 0.0905. The van der Waals surface area contributed by atoms with Gasteiger partial charge in [-0.1, -0.05) is 42.5 Å². The minimum atomic E-state index is -0.656. The molecule has 2 heterocycles. The number of benzene rings is 2. The molecule has 11 heteroatoms. The fourth-order valence-corrected chi connectivity index (χ4v) is 4.88. The van der Waals surface area contributed by atoms with Crippen LogP contribution in [0.25, 0.3) is 0 Å². The van der Waals surface area contributed by atoms with Crippen molar-refractivity contribution in [2.45, 2.75) is 45.9 Å². The summed E-state index contributed by atoms with van der Waals surface area (Å²) >= 11 is 5.75. The van der Waals surface area contributed by atoms with Gasteiger partial charge in [0.1, 0.15) is 11.3 Å². The molecule has 1 saturated heterocycles. The molecule has 0 unspecified atom stereocenters. The van der Waals surface area contributed by atoms with Crippen molar-refractivity contribution in [1.82, 2.24) is 15.2 Å². The lowest BCUT2D eigenvalue weighted by atomic mass is 9.98. The van der Waals surface area contributed by atoms with Crippen LogP contribution in [0.1, 0.15) is 65.7 Å². The van der Waals surface area contributed by atoms with Crippen molar-refractivity contribution >= 4 is 41.0 Å². The fraction of sp³-hybridized carbons (Fsp3) is 0.355. The molecular formula is C31H36N4O6S. The summed E-state index contributed by atoms with van der Waals surface area (Å²) in [5.74, 6) is -0.936. The van der Waals surface area contributed by atoms with Gasteiger partial charge in [0.2, 0.25) is 0 Å². The zero-order valence-corrected chi connectivity index (χ0v) is 25.0. The van der Waals surface area contributed by atoms with E-state index in [4.69, 9.17) is 26.4 Å². The van der Waals surface area contributed by atoms with E-state index in [0.717, 1.165) is 11.1 Å². The fourth-order valence-electron chi connectivity index (χ4n) is 4.62. The molecule has 1 atom stereocenters. The van der Waals surface area contributed by atoms with Crippen molar-refractivity contribution in [3.05, 3.63) is 89.2 Å². The van der Waals surface area contributed by atoms with Crippen LogP contribution in [0.5, 0.6) is 0 Å². The number of nitrogens with zero attached hydrogens (tertiary/aromatic N) is 2. The third kappa shape index (κ3) is 7.54. The minimum Gasteiger partial charge on any atom is -0.461 e. The highest BCUT2D eigenvalue weighted by Gasteiger charge is 2.34. The van der Waals surface area contributed by atoms with Crippen molar-refractivity contribution in [2.75, 3.05) is 31.3 Å². The first-order valence-electron chi connectivity index (χ1n) is 13.8. The van der Waals surface area contributed by atoms with E-state index in [0.29, 0.717) is 24.4 Å². The first-order chi connectivity index (χ1) is 20.1. The molecule has 222 valence electrons. The Bertz CT molecular complexity index is 1420. The smallest absolute Gasteiger partial charge is 0.410 e. The molecule has 1 aliphatic heterocycles. The van der Waals surface area contributed by atoms with Crippen molar-refractivity contribution in [3.63, 3.8) is 0 Å². The first-order valence-corrected chi connectivity index (χ1v) is 14.2. The van der Waals surface area contributed by atoms with E-state index in [-0.39, 0.29) is 36.5 Å². The Hall–Kier alpha value is -4.22. The molecule has 0 aliphatic carbocycles. The van der Waals surface area contributed by atoms with Crippen LogP contribution >= 0.6 is 12.2 Å². The summed E-state index contributed by atoms with van der Waals surface area (Å²) in [4.78, 5) is 45.3. The quantitative estimate of drug-likeness (QED) is 0.284. The molecular weight excluding hydrogens is 556 g/mol. The standard InChI is InChI=1S/C31H36N4O6S/c1-5-40-28(37)26-24(15-16-32-26)35(29(42)33-27(36)21-11-7-6-8-12-21)19-22-13-9-10-14-23(22)25-20-39-18-17-34(25)30(38)41-31(2,3)4/h6-16,25,32H,5,17-20H2,1-4H3,(H,33,36,42)/t25-/m0/s1. The van der Waals surface area contributed by atoms with Gasteiger partial charge >= 0.3 is 12.1 Å². The zero-order chi connectivity index (χ0) is 30.3. The summed E-state index contributed by atoms with van der Waals surface area (Å²) < 4.78 is 16.7. The summed E-state index contributed by atoms with van der Waals surface area (Å²) in [7, 11) is 0. The highest BCUT2D eigenvalue weighted by atomic mass is 32.1. The van der Waals surface area contributed by atoms with Crippen LogP contribution in [-0.4, -0.2) is 64.9 Å². The first kappa shape index (κ1) is 30.7. The molecule has 42 heavy (non-hydrogen) atoms. The third-order valence-corrected chi connectivity index (χ3v) is 6.82. The largest absolute Gasteiger partial charge is 0.461 e. The molecule has 2 N–H and O–H groups in total. The number of carbonyl (C=O) groups excluding carboxylic acids is 3. The Balaban J connectivity index is 1.70. The normalized spacial score (nSPS) is 15.0. The highest BCUT2D eigenvalue weighted by Crippen LogP contribution is 2.31. The van der Waals surface area contributed by atoms with Crippen molar-refractivity contribution in [1.29, 1.82) is 0 Å². The van der Waals surface area contributed by atoms with Crippen molar-refractivity contribution in [3.8, 4) is 0 Å². The Morgan fingerprint density at radius 2 is 1.81 bits per heavy atom.